The van der Waals surface area contributed by atoms with Crippen molar-refractivity contribution in [3.63, 3.8) is 0 Å². The molecule has 2 heterocycles. The summed E-state index contributed by atoms with van der Waals surface area (Å²) in [6.45, 7) is 6.56. The number of pyridine rings is 1. The van der Waals surface area contributed by atoms with Gasteiger partial charge in [0.25, 0.3) is 5.91 Å². The normalized spacial score (nSPS) is 10.9. The van der Waals surface area contributed by atoms with Gasteiger partial charge in [-0.25, -0.2) is 9.97 Å². The van der Waals surface area contributed by atoms with E-state index in [1.165, 1.54) is 0 Å². The van der Waals surface area contributed by atoms with Gasteiger partial charge in [-0.2, -0.15) is 0 Å². The van der Waals surface area contributed by atoms with E-state index in [2.05, 4.69) is 15.3 Å². The summed E-state index contributed by atoms with van der Waals surface area (Å²) in [5.74, 6) is 0.100. The van der Waals surface area contributed by atoms with Crippen LogP contribution < -0.4 is 5.32 Å². The van der Waals surface area contributed by atoms with Crippen molar-refractivity contribution >= 4 is 28.8 Å². The SMILES string of the molecule is Cc1csc(CCNC(=O)c2cc(Cl)nc(C(C)C)c2)n1. The molecule has 0 aromatic carbocycles. The zero-order valence-electron chi connectivity index (χ0n) is 12.3. The van der Waals surface area contributed by atoms with E-state index in [1.807, 2.05) is 26.2 Å². The van der Waals surface area contributed by atoms with Crippen LogP contribution in [0.3, 0.4) is 0 Å². The Kier molecular flexibility index (Phi) is 5.31. The highest BCUT2D eigenvalue weighted by Crippen LogP contribution is 2.17. The molecule has 0 bridgehead atoms. The number of rotatable bonds is 5. The van der Waals surface area contributed by atoms with E-state index in [0.717, 1.165) is 22.8 Å². The van der Waals surface area contributed by atoms with Crippen molar-refractivity contribution in [3.05, 3.63) is 44.6 Å². The maximum absolute atomic E-state index is 12.2. The number of thiazole rings is 1. The van der Waals surface area contributed by atoms with Crippen LogP contribution in [0.15, 0.2) is 17.5 Å². The molecule has 2 aromatic heterocycles. The number of carbonyl (C=O) groups excluding carboxylic acids is 1. The predicted octanol–water partition coefficient (Wildman–Crippen LogP) is 3.60. The molecule has 6 heteroatoms. The van der Waals surface area contributed by atoms with E-state index in [9.17, 15) is 4.79 Å². The Morgan fingerprint density at radius 2 is 2.14 bits per heavy atom. The molecular weight excluding hydrogens is 306 g/mol. The fourth-order valence-electron chi connectivity index (χ4n) is 1.85. The molecule has 0 saturated carbocycles. The van der Waals surface area contributed by atoms with Crippen LogP contribution in [0.1, 0.15) is 46.5 Å². The smallest absolute Gasteiger partial charge is 0.251 e. The number of carbonyl (C=O) groups is 1. The Hall–Kier alpha value is -1.46. The number of halogens is 1. The lowest BCUT2D eigenvalue weighted by molar-refractivity contribution is 0.0954. The third kappa shape index (κ3) is 4.51. The first-order valence-corrected chi connectivity index (χ1v) is 8.08. The Morgan fingerprint density at radius 3 is 2.76 bits per heavy atom. The number of nitrogens with zero attached hydrogens (tertiary/aromatic N) is 2. The van der Waals surface area contributed by atoms with E-state index >= 15 is 0 Å². The van der Waals surface area contributed by atoms with Gasteiger partial charge in [-0.15, -0.1) is 11.3 Å². The molecule has 0 radical (unpaired) electrons. The van der Waals surface area contributed by atoms with E-state index in [1.54, 1.807) is 23.5 Å². The molecule has 0 saturated heterocycles. The van der Waals surface area contributed by atoms with Crippen molar-refractivity contribution in [2.45, 2.75) is 33.1 Å². The van der Waals surface area contributed by atoms with Gasteiger partial charge in [0.1, 0.15) is 5.15 Å². The van der Waals surface area contributed by atoms with Crippen LogP contribution in [0, 0.1) is 6.92 Å². The molecule has 0 aliphatic carbocycles. The van der Waals surface area contributed by atoms with Crippen molar-refractivity contribution in [2.75, 3.05) is 6.54 Å². The lowest BCUT2D eigenvalue weighted by Crippen LogP contribution is -2.26. The number of nitrogens with one attached hydrogen (secondary N) is 1. The number of aromatic nitrogens is 2. The summed E-state index contributed by atoms with van der Waals surface area (Å²) in [5.41, 5.74) is 2.39. The van der Waals surface area contributed by atoms with Gasteiger partial charge in [0, 0.05) is 35.3 Å². The standard InChI is InChI=1S/C15H18ClN3OS/c1-9(2)12-6-11(7-13(16)19-12)15(20)17-5-4-14-18-10(3)8-21-14/h6-9H,4-5H2,1-3H3,(H,17,20). The molecule has 0 aliphatic rings. The van der Waals surface area contributed by atoms with Crippen LogP contribution in [-0.2, 0) is 6.42 Å². The predicted molar refractivity (Wildman–Crippen MR) is 86.2 cm³/mol. The van der Waals surface area contributed by atoms with E-state index in [4.69, 9.17) is 11.6 Å². The van der Waals surface area contributed by atoms with Gasteiger partial charge < -0.3 is 5.32 Å². The molecule has 2 rings (SSSR count). The Labute approximate surface area is 133 Å². The molecule has 0 unspecified atom stereocenters. The van der Waals surface area contributed by atoms with Gasteiger partial charge in [0.05, 0.1) is 5.01 Å². The Morgan fingerprint density at radius 1 is 1.38 bits per heavy atom. The van der Waals surface area contributed by atoms with Crippen molar-refractivity contribution in [3.8, 4) is 0 Å². The monoisotopic (exact) mass is 323 g/mol. The van der Waals surface area contributed by atoms with Crippen LogP contribution in [0.5, 0.6) is 0 Å². The van der Waals surface area contributed by atoms with Gasteiger partial charge in [0.15, 0.2) is 0 Å². The van der Waals surface area contributed by atoms with Crippen LogP contribution in [0.25, 0.3) is 0 Å². The first kappa shape index (κ1) is 15.9. The molecule has 112 valence electrons. The summed E-state index contributed by atoms with van der Waals surface area (Å²) in [6.07, 6.45) is 0.736. The molecule has 1 N–H and O–H groups in total. The fourth-order valence-corrected chi connectivity index (χ4v) is 2.84. The summed E-state index contributed by atoms with van der Waals surface area (Å²) in [7, 11) is 0. The summed E-state index contributed by atoms with van der Waals surface area (Å²) in [6, 6.07) is 3.38. The minimum absolute atomic E-state index is 0.130. The second-order valence-corrected chi connectivity index (χ2v) is 6.48. The lowest BCUT2D eigenvalue weighted by Gasteiger charge is -2.09. The zero-order valence-corrected chi connectivity index (χ0v) is 13.9. The molecular formula is C15H18ClN3OS. The number of hydrogen-bond donors (Lipinski definition) is 1. The second-order valence-electron chi connectivity index (χ2n) is 5.15. The molecule has 21 heavy (non-hydrogen) atoms. The third-order valence-electron chi connectivity index (χ3n) is 2.96. The minimum Gasteiger partial charge on any atom is -0.352 e. The second kappa shape index (κ2) is 7.00. The van der Waals surface area contributed by atoms with Gasteiger partial charge in [-0.3, -0.25) is 4.79 Å². The molecule has 2 aromatic rings. The van der Waals surface area contributed by atoms with Crippen molar-refractivity contribution in [1.29, 1.82) is 0 Å². The van der Waals surface area contributed by atoms with Gasteiger partial charge >= 0.3 is 0 Å². The average Bonchev–Trinajstić information content (AvgIpc) is 2.83. The van der Waals surface area contributed by atoms with Crippen LogP contribution >= 0.6 is 22.9 Å². The molecule has 4 nitrogen and oxygen atoms in total. The third-order valence-corrected chi connectivity index (χ3v) is 4.18. The van der Waals surface area contributed by atoms with Crippen LogP contribution in [-0.4, -0.2) is 22.4 Å². The number of amides is 1. The summed E-state index contributed by atoms with van der Waals surface area (Å²) >= 11 is 7.58. The van der Waals surface area contributed by atoms with Crippen LogP contribution in [0.4, 0.5) is 0 Å². The minimum atomic E-state index is -0.130. The zero-order chi connectivity index (χ0) is 15.4. The quantitative estimate of drug-likeness (QED) is 0.855. The van der Waals surface area contributed by atoms with E-state index in [0.29, 0.717) is 17.3 Å². The molecule has 0 atom stereocenters. The molecule has 1 amide bonds. The molecule has 0 fully saturated rings. The van der Waals surface area contributed by atoms with Crippen molar-refractivity contribution in [2.24, 2.45) is 0 Å². The topological polar surface area (TPSA) is 54.9 Å². The van der Waals surface area contributed by atoms with Crippen molar-refractivity contribution < 1.29 is 4.79 Å². The highest BCUT2D eigenvalue weighted by Gasteiger charge is 2.11. The summed E-state index contributed by atoms with van der Waals surface area (Å²) < 4.78 is 0. The van der Waals surface area contributed by atoms with Gasteiger partial charge in [-0.1, -0.05) is 25.4 Å². The maximum atomic E-state index is 12.2. The first-order valence-electron chi connectivity index (χ1n) is 6.82. The first-order chi connectivity index (χ1) is 9.95. The lowest BCUT2D eigenvalue weighted by atomic mass is 10.1. The fraction of sp³-hybridized carbons (Fsp3) is 0.400. The molecule has 0 spiro atoms. The number of aryl methyl sites for hydroxylation is 1. The van der Waals surface area contributed by atoms with Crippen LogP contribution in [0.2, 0.25) is 5.15 Å². The van der Waals surface area contributed by atoms with Gasteiger partial charge in [-0.05, 0) is 25.0 Å². The molecule has 0 aliphatic heterocycles. The van der Waals surface area contributed by atoms with E-state index < -0.39 is 0 Å². The van der Waals surface area contributed by atoms with Crippen molar-refractivity contribution in [1.82, 2.24) is 15.3 Å². The summed E-state index contributed by atoms with van der Waals surface area (Å²) in [4.78, 5) is 20.7. The maximum Gasteiger partial charge on any atom is 0.251 e. The highest BCUT2D eigenvalue weighted by atomic mass is 35.5. The van der Waals surface area contributed by atoms with Gasteiger partial charge in [0.2, 0.25) is 0 Å². The van der Waals surface area contributed by atoms with E-state index in [-0.39, 0.29) is 11.8 Å². The highest BCUT2D eigenvalue weighted by molar-refractivity contribution is 7.09. The number of hydrogen-bond acceptors (Lipinski definition) is 4. The average molecular weight is 324 g/mol. The summed E-state index contributed by atoms with van der Waals surface area (Å²) in [5, 5.41) is 6.28. The largest absolute Gasteiger partial charge is 0.352 e. The Balaban J connectivity index is 1.96. The Bertz CT molecular complexity index is 640.